The molecule has 0 spiro atoms. The third-order valence-electron chi connectivity index (χ3n) is 4.13. The molecule has 25 heavy (non-hydrogen) atoms. The van der Waals surface area contributed by atoms with Crippen molar-refractivity contribution in [2.75, 3.05) is 18.5 Å². The van der Waals surface area contributed by atoms with E-state index in [0.29, 0.717) is 36.2 Å². The lowest BCUT2D eigenvalue weighted by atomic mass is 10.1. The molecule has 2 atom stereocenters. The van der Waals surface area contributed by atoms with Crippen LogP contribution in [0.2, 0.25) is 0 Å². The maximum atomic E-state index is 12.5. The Morgan fingerprint density at radius 1 is 1.16 bits per heavy atom. The molecule has 1 amide bonds. The average Bonchev–Trinajstić information content (AvgIpc) is 2.62. The second kappa shape index (κ2) is 7.70. The van der Waals surface area contributed by atoms with Gasteiger partial charge in [0, 0.05) is 28.3 Å². The first-order valence-corrected chi connectivity index (χ1v) is 9.55. The summed E-state index contributed by atoms with van der Waals surface area (Å²) in [5.74, 6) is 1.37. The van der Waals surface area contributed by atoms with E-state index in [2.05, 4.69) is 5.32 Å². The zero-order valence-corrected chi connectivity index (χ0v) is 15.1. The van der Waals surface area contributed by atoms with Gasteiger partial charge in [-0.25, -0.2) is 0 Å². The number of rotatable bonds is 5. The van der Waals surface area contributed by atoms with Gasteiger partial charge in [-0.2, -0.15) is 0 Å². The monoisotopic (exact) mass is 359 g/mol. The minimum Gasteiger partial charge on any atom is -0.486 e. The molecule has 0 saturated heterocycles. The molecule has 132 valence electrons. The molecule has 3 rings (SSSR count). The van der Waals surface area contributed by atoms with E-state index < -0.39 is 16.0 Å². The SMILES string of the molecule is Cc1ccccc1CS(=O)C(C)C(=O)Nc1ccc2c(c1)OCCO2. The molecule has 0 fully saturated rings. The molecule has 2 aromatic rings. The fraction of sp³-hybridized carbons (Fsp3) is 0.316. The van der Waals surface area contributed by atoms with Crippen LogP contribution < -0.4 is 14.8 Å². The van der Waals surface area contributed by atoms with Crippen LogP contribution in [0.15, 0.2) is 42.5 Å². The van der Waals surface area contributed by atoms with E-state index >= 15 is 0 Å². The third-order valence-corrected chi connectivity index (χ3v) is 5.73. The van der Waals surface area contributed by atoms with Crippen LogP contribution in [0.25, 0.3) is 0 Å². The number of amides is 1. The molecule has 1 aliphatic heterocycles. The Labute approximate surface area is 149 Å². The van der Waals surface area contributed by atoms with Gasteiger partial charge in [0.2, 0.25) is 5.91 Å². The van der Waals surface area contributed by atoms with Crippen molar-refractivity contribution in [3.63, 3.8) is 0 Å². The Balaban J connectivity index is 1.64. The molecule has 0 radical (unpaired) electrons. The highest BCUT2D eigenvalue weighted by molar-refractivity contribution is 7.85. The van der Waals surface area contributed by atoms with Crippen LogP contribution in [0.3, 0.4) is 0 Å². The smallest absolute Gasteiger partial charge is 0.239 e. The Morgan fingerprint density at radius 2 is 1.88 bits per heavy atom. The van der Waals surface area contributed by atoms with E-state index in [4.69, 9.17) is 9.47 Å². The van der Waals surface area contributed by atoms with Gasteiger partial charge in [-0.3, -0.25) is 9.00 Å². The van der Waals surface area contributed by atoms with Crippen molar-refractivity contribution in [1.29, 1.82) is 0 Å². The molecule has 1 aliphatic rings. The Morgan fingerprint density at radius 3 is 2.64 bits per heavy atom. The van der Waals surface area contributed by atoms with E-state index in [1.165, 1.54) is 0 Å². The number of anilines is 1. The molecule has 0 aliphatic carbocycles. The lowest BCUT2D eigenvalue weighted by molar-refractivity contribution is -0.115. The maximum Gasteiger partial charge on any atom is 0.239 e. The summed E-state index contributed by atoms with van der Waals surface area (Å²) in [6, 6.07) is 13.0. The van der Waals surface area contributed by atoms with Crippen LogP contribution in [-0.2, 0) is 21.3 Å². The van der Waals surface area contributed by atoms with Gasteiger partial charge >= 0.3 is 0 Å². The molecular weight excluding hydrogens is 338 g/mol. The summed E-state index contributed by atoms with van der Waals surface area (Å²) >= 11 is 0. The first-order valence-electron chi connectivity index (χ1n) is 8.17. The Bertz CT molecular complexity index is 806. The number of hydrogen-bond acceptors (Lipinski definition) is 4. The highest BCUT2D eigenvalue weighted by Crippen LogP contribution is 2.32. The van der Waals surface area contributed by atoms with Crippen molar-refractivity contribution in [1.82, 2.24) is 0 Å². The zero-order valence-electron chi connectivity index (χ0n) is 14.3. The van der Waals surface area contributed by atoms with E-state index in [9.17, 15) is 9.00 Å². The fourth-order valence-electron chi connectivity index (χ4n) is 2.53. The molecule has 2 aromatic carbocycles. The van der Waals surface area contributed by atoms with E-state index in [1.807, 2.05) is 31.2 Å². The lowest BCUT2D eigenvalue weighted by Crippen LogP contribution is -2.30. The van der Waals surface area contributed by atoms with Crippen molar-refractivity contribution in [3.05, 3.63) is 53.6 Å². The molecule has 0 aromatic heterocycles. The number of carbonyl (C=O) groups excluding carboxylic acids is 1. The first kappa shape index (κ1) is 17.5. The van der Waals surface area contributed by atoms with E-state index in [-0.39, 0.29) is 5.91 Å². The van der Waals surface area contributed by atoms with Gasteiger partial charge < -0.3 is 14.8 Å². The van der Waals surface area contributed by atoms with Crippen LogP contribution in [0.5, 0.6) is 11.5 Å². The summed E-state index contributed by atoms with van der Waals surface area (Å²) in [5.41, 5.74) is 2.68. The number of carbonyl (C=O) groups is 1. The lowest BCUT2D eigenvalue weighted by Gasteiger charge is -2.19. The Hall–Kier alpha value is -2.34. The molecule has 0 saturated carbocycles. The van der Waals surface area contributed by atoms with Gasteiger partial charge in [-0.15, -0.1) is 0 Å². The highest BCUT2D eigenvalue weighted by Gasteiger charge is 2.21. The molecule has 2 unspecified atom stereocenters. The van der Waals surface area contributed by atoms with Gasteiger partial charge in [-0.05, 0) is 37.1 Å². The number of nitrogens with one attached hydrogen (secondary N) is 1. The summed E-state index contributed by atoms with van der Waals surface area (Å²) in [5, 5.41) is 2.19. The van der Waals surface area contributed by atoms with Crippen LogP contribution in [0, 0.1) is 6.92 Å². The van der Waals surface area contributed by atoms with Crippen LogP contribution in [0.1, 0.15) is 18.1 Å². The number of benzene rings is 2. The maximum absolute atomic E-state index is 12.5. The number of fused-ring (bicyclic) bond motifs is 1. The van der Waals surface area contributed by atoms with Crippen molar-refractivity contribution in [2.24, 2.45) is 0 Å². The first-order chi connectivity index (χ1) is 12.0. The standard InChI is InChI=1S/C19H21NO4S/c1-13-5-3-4-6-15(13)12-25(22)14(2)19(21)20-16-7-8-17-18(11-16)24-10-9-23-17/h3-8,11,14H,9-10,12H2,1-2H3,(H,20,21). The number of hydrogen-bond donors (Lipinski definition) is 1. The van der Waals surface area contributed by atoms with Crippen molar-refractivity contribution < 1.29 is 18.5 Å². The van der Waals surface area contributed by atoms with Gasteiger partial charge in [0.05, 0.1) is 0 Å². The predicted octanol–water partition coefficient (Wildman–Crippen LogP) is 3.04. The minimum atomic E-state index is -1.30. The molecule has 1 heterocycles. The summed E-state index contributed by atoms with van der Waals surface area (Å²) in [7, 11) is -1.30. The number of ether oxygens (including phenoxy) is 2. The summed E-state index contributed by atoms with van der Waals surface area (Å²) in [6.45, 7) is 4.67. The number of aryl methyl sites for hydroxylation is 1. The molecule has 6 heteroatoms. The second-order valence-corrected chi connectivity index (χ2v) is 7.70. The largest absolute Gasteiger partial charge is 0.486 e. The van der Waals surface area contributed by atoms with Gasteiger partial charge in [-0.1, -0.05) is 24.3 Å². The Kier molecular flexibility index (Phi) is 5.38. The molecule has 1 N–H and O–H groups in total. The van der Waals surface area contributed by atoms with Gasteiger partial charge in [0.15, 0.2) is 11.5 Å². The molecule has 0 bridgehead atoms. The molecular formula is C19H21NO4S. The second-order valence-electron chi connectivity index (χ2n) is 5.94. The van der Waals surface area contributed by atoms with Crippen molar-refractivity contribution in [2.45, 2.75) is 24.9 Å². The predicted molar refractivity (Wildman–Crippen MR) is 98.5 cm³/mol. The summed E-state index contributed by atoms with van der Waals surface area (Å²) in [6.07, 6.45) is 0. The van der Waals surface area contributed by atoms with E-state index in [0.717, 1.165) is 11.1 Å². The third kappa shape index (κ3) is 4.20. The fourth-order valence-corrected chi connectivity index (χ4v) is 3.71. The van der Waals surface area contributed by atoms with E-state index in [1.54, 1.807) is 25.1 Å². The van der Waals surface area contributed by atoms with Gasteiger partial charge in [0.25, 0.3) is 0 Å². The quantitative estimate of drug-likeness (QED) is 0.891. The van der Waals surface area contributed by atoms with Gasteiger partial charge in [0.1, 0.15) is 18.5 Å². The highest BCUT2D eigenvalue weighted by atomic mass is 32.2. The van der Waals surface area contributed by atoms with Crippen molar-refractivity contribution in [3.8, 4) is 11.5 Å². The molecule has 5 nitrogen and oxygen atoms in total. The van der Waals surface area contributed by atoms with Crippen molar-refractivity contribution >= 4 is 22.4 Å². The zero-order chi connectivity index (χ0) is 17.8. The van der Waals surface area contributed by atoms with Crippen LogP contribution >= 0.6 is 0 Å². The van der Waals surface area contributed by atoms with Crippen LogP contribution in [-0.4, -0.2) is 28.6 Å². The van der Waals surface area contributed by atoms with Crippen LogP contribution in [0.4, 0.5) is 5.69 Å². The topological polar surface area (TPSA) is 64.6 Å². The normalized spacial score (nSPS) is 15.3. The average molecular weight is 359 g/mol. The summed E-state index contributed by atoms with van der Waals surface area (Å²) in [4.78, 5) is 12.4. The minimum absolute atomic E-state index is 0.274. The summed E-state index contributed by atoms with van der Waals surface area (Å²) < 4.78 is 23.5.